The van der Waals surface area contributed by atoms with E-state index in [1.54, 1.807) is 60.9 Å². The lowest BCUT2D eigenvalue weighted by molar-refractivity contribution is -0.123. The number of primary amides is 2. The predicted molar refractivity (Wildman–Crippen MR) is 151 cm³/mol. The van der Waals surface area contributed by atoms with E-state index in [0.717, 1.165) is 0 Å². The molecule has 10 heteroatoms. The average Bonchev–Trinajstić information content (AvgIpc) is 2.83. The largest absolute Gasteiger partial charge is 0.398 e. The zero-order valence-electron chi connectivity index (χ0n) is 21.9. The van der Waals surface area contributed by atoms with Crippen LogP contribution in [-0.4, -0.2) is 20.9 Å². The van der Waals surface area contributed by atoms with Gasteiger partial charge in [-0.2, -0.15) is 0 Å². The van der Waals surface area contributed by atoms with Crippen molar-refractivity contribution >= 4 is 44.7 Å². The topological polar surface area (TPSA) is 182 Å². The van der Waals surface area contributed by atoms with Crippen molar-refractivity contribution < 1.29 is 9.59 Å². The van der Waals surface area contributed by atoms with Crippen LogP contribution in [0.2, 0.25) is 0 Å². The van der Waals surface area contributed by atoms with Crippen LogP contribution in [0.25, 0.3) is 21.5 Å². The molecule has 0 saturated carbocycles. The van der Waals surface area contributed by atoms with Gasteiger partial charge in [0.2, 0.25) is 11.8 Å². The van der Waals surface area contributed by atoms with Gasteiger partial charge in [0, 0.05) is 45.3 Å². The Hall–Kier alpha value is -4.60. The quantitative estimate of drug-likeness (QED) is 0.284. The Kier molecular flexibility index (Phi) is 8.25. The number of rotatable bonds is 6. The zero-order valence-corrected chi connectivity index (χ0v) is 21.9. The molecule has 0 bridgehead atoms. The van der Waals surface area contributed by atoms with Gasteiger partial charge in [-0.1, -0.05) is 39.8 Å². The van der Waals surface area contributed by atoms with E-state index >= 15 is 0 Å². The first-order valence-corrected chi connectivity index (χ1v) is 12.2. The molecule has 0 fully saturated rings. The lowest BCUT2D eigenvalue weighted by atomic mass is 10.0. The van der Waals surface area contributed by atoms with E-state index in [0.29, 0.717) is 32.9 Å². The Morgan fingerprint density at radius 3 is 1.24 bits per heavy atom. The van der Waals surface area contributed by atoms with Crippen molar-refractivity contribution in [2.45, 2.75) is 39.8 Å². The van der Waals surface area contributed by atoms with Crippen LogP contribution in [0.15, 0.2) is 70.5 Å². The van der Waals surface area contributed by atoms with E-state index < -0.39 is 23.9 Å². The highest BCUT2D eigenvalue weighted by Crippen LogP contribution is 2.22. The third kappa shape index (κ3) is 5.39. The fraction of sp³-hybridized carbons (Fsp3) is 0.286. The van der Waals surface area contributed by atoms with E-state index in [9.17, 15) is 19.2 Å². The number of benzene rings is 2. The molecule has 4 rings (SSSR count). The number of carbonyl (C=O) groups is 2. The molecule has 2 amide bonds. The highest BCUT2D eigenvalue weighted by molar-refractivity contribution is 5.93. The van der Waals surface area contributed by atoms with Crippen LogP contribution in [-0.2, 0) is 9.59 Å². The van der Waals surface area contributed by atoms with E-state index in [-0.39, 0.29) is 23.0 Å². The maximum atomic E-state index is 12.4. The molecule has 2 aromatic carbocycles. The van der Waals surface area contributed by atoms with Gasteiger partial charge >= 0.3 is 0 Å². The summed E-state index contributed by atoms with van der Waals surface area (Å²) in [5.74, 6) is -1.15. The molecule has 0 unspecified atom stereocenters. The number of hydrogen-bond donors (Lipinski definition) is 4. The van der Waals surface area contributed by atoms with Gasteiger partial charge in [0.1, 0.15) is 12.1 Å². The molecule has 10 nitrogen and oxygen atoms in total. The molecular formula is C28H34N6O4. The van der Waals surface area contributed by atoms with Crippen molar-refractivity contribution in [3.8, 4) is 0 Å². The van der Waals surface area contributed by atoms with Gasteiger partial charge in [0.25, 0.3) is 11.1 Å². The van der Waals surface area contributed by atoms with Crippen molar-refractivity contribution in [3.05, 3.63) is 81.6 Å². The SMILES string of the molecule is CC(C)[C@H](C(N)=O)n1ccc2c(N)cccc2c1=O.CC(C)[C@H](C(N)=O)n1ccc2c(N)cccc2c1=O. The summed E-state index contributed by atoms with van der Waals surface area (Å²) in [6.45, 7) is 7.41. The van der Waals surface area contributed by atoms with Crippen LogP contribution in [0.5, 0.6) is 0 Å². The Labute approximate surface area is 219 Å². The molecule has 200 valence electrons. The van der Waals surface area contributed by atoms with Gasteiger partial charge in [-0.3, -0.25) is 19.2 Å². The van der Waals surface area contributed by atoms with Crippen LogP contribution in [0, 0.1) is 11.8 Å². The molecule has 4 aromatic rings. The molecule has 0 spiro atoms. The fourth-order valence-electron chi connectivity index (χ4n) is 4.65. The van der Waals surface area contributed by atoms with E-state index in [1.165, 1.54) is 9.13 Å². The van der Waals surface area contributed by atoms with Crippen LogP contribution in [0.4, 0.5) is 11.4 Å². The fourth-order valence-corrected chi connectivity index (χ4v) is 4.65. The van der Waals surface area contributed by atoms with Gasteiger partial charge < -0.3 is 32.1 Å². The Morgan fingerprint density at radius 1 is 0.605 bits per heavy atom. The smallest absolute Gasteiger partial charge is 0.259 e. The number of aromatic nitrogens is 2. The summed E-state index contributed by atoms with van der Waals surface area (Å²) >= 11 is 0. The molecule has 2 aromatic heterocycles. The number of pyridine rings is 2. The molecule has 0 radical (unpaired) electrons. The van der Waals surface area contributed by atoms with E-state index in [2.05, 4.69) is 0 Å². The third-order valence-electron chi connectivity index (χ3n) is 6.46. The minimum absolute atomic E-state index is 0.0614. The lowest BCUT2D eigenvalue weighted by Gasteiger charge is -2.20. The maximum absolute atomic E-state index is 12.4. The summed E-state index contributed by atoms with van der Waals surface area (Å²) in [5, 5.41) is 2.37. The number of fused-ring (bicyclic) bond motifs is 2. The minimum atomic E-state index is -0.654. The second-order valence-electron chi connectivity index (χ2n) is 9.86. The molecule has 38 heavy (non-hydrogen) atoms. The third-order valence-corrected chi connectivity index (χ3v) is 6.46. The second-order valence-corrected chi connectivity index (χ2v) is 9.86. The monoisotopic (exact) mass is 518 g/mol. The highest BCUT2D eigenvalue weighted by Gasteiger charge is 2.24. The van der Waals surface area contributed by atoms with Gasteiger partial charge in [0.05, 0.1) is 0 Å². The number of amides is 2. The van der Waals surface area contributed by atoms with Crippen molar-refractivity contribution in [1.82, 2.24) is 9.13 Å². The Bertz CT molecular complexity index is 1500. The lowest BCUT2D eigenvalue weighted by Crippen LogP contribution is -2.36. The molecule has 0 aliphatic heterocycles. The number of nitrogens with two attached hydrogens (primary N) is 4. The predicted octanol–water partition coefficient (Wildman–Crippen LogP) is 2.53. The Balaban J connectivity index is 0.000000211. The van der Waals surface area contributed by atoms with Crippen LogP contribution in [0.1, 0.15) is 39.8 Å². The summed E-state index contributed by atoms with van der Waals surface area (Å²) in [7, 11) is 0. The molecule has 0 aliphatic carbocycles. The normalized spacial score (nSPS) is 12.8. The van der Waals surface area contributed by atoms with Crippen LogP contribution in [0.3, 0.4) is 0 Å². The zero-order chi connectivity index (χ0) is 28.3. The number of nitrogens with zero attached hydrogens (tertiary/aromatic N) is 2. The summed E-state index contributed by atoms with van der Waals surface area (Å²) < 4.78 is 2.77. The van der Waals surface area contributed by atoms with Gasteiger partial charge in [-0.25, -0.2) is 0 Å². The first-order chi connectivity index (χ1) is 17.9. The summed E-state index contributed by atoms with van der Waals surface area (Å²) in [6, 6.07) is 12.5. The molecular weight excluding hydrogens is 484 g/mol. The van der Waals surface area contributed by atoms with Gasteiger partial charge in [-0.15, -0.1) is 0 Å². The Morgan fingerprint density at radius 2 is 0.947 bits per heavy atom. The van der Waals surface area contributed by atoms with Crippen LogP contribution >= 0.6 is 0 Å². The summed E-state index contributed by atoms with van der Waals surface area (Å²) in [4.78, 5) is 47.9. The molecule has 2 atom stereocenters. The first kappa shape index (κ1) is 28.0. The number of hydrogen-bond acceptors (Lipinski definition) is 6. The highest BCUT2D eigenvalue weighted by atomic mass is 16.2. The summed E-state index contributed by atoms with van der Waals surface area (Å²) in [6.07, 6.45) is 3.16. The summed E-state index contributed by atoms with van der Waals surface area (Å²) in [5.41, 5.74) is 23.0. The molecule has 0 aliphatic rings. The van der Waals surface area contributed by atoms with Crippen LogP contribution < -0.4 is 34.1 Å². The number of carbonyl (C=O) groups excluding carboxylic acids is 2. The maximum Gasteiger partial charge on any atom is 0.259 e. The first-order valence-electron chi connectivity index (χ1n) is 12.2. The van der Waals surface area contributed by atoms with Gasteiger partial charge in [-0.05, 0) is 48.2 Å². The van der Waals surface area contributed by atoms with Crippen molar-refractivity contribution in [3.63, 3.8) is 0 Å². The minimum Gasteiger partial charge on any atom is -0.398 e. The number of nitrogen functional groups attached to an aromatic ring is 2. The molecule has 8 N–H and O–H groups in total. The second kappa shape index (κ2) is 11.2. The number of anilines is 2. The van der Waals surface area contributed by atoms with Crippen molar-refractivity contribution in [2.75, 3.05) is 11.5 Å². The molecule has 2 heterocycles. The average molecular weight is 519 g/mol. The standard InChI is InChI=1S/2C14H17N3O2/c2*1-8(2)12(13(16)18)17-7-6-9-10(14(17)19)4-3-5-11(9)15/h2*3-8,12H,15H2,1-2H3,(H2,16,18)/t2*12-/m11/s1. The van der Waals surface area contributed by atoms with E-state index in [1.807, 2.05) is 27.7 Å². The van der Waals surface area contributed by atoms with Gasteiger partial charge in [0.15, 0.2) is 0 Å². The van der Waals surface area contributed by atoms with E-state index in [4.69, 9.17) is 22.9 Å². The van der Waals surface area contributed by atoms with Crippen molar-refractivity contribution in [1.29, 1.82) is 0 Å². The molecule has 0 saturated heterocycles. The van der Waals surface area contributed by atoms with Crippen molar-refractivity contribution in [2.24, 2.45) is 23.3 Å².